The second kappa shape index (κ2) is 9.23. The Morgan fingerprint density at radius 3 is 2.56 bits per heavy atom. The summed E-state index contributed by atoms with van der Waals surface area (Å²) >= 11 is 11.6. The highest BCUT2D eigenvalue weighted by Crippen LogP contribution is 2.14. The number of para-hydroxylation sites is 1. The molecule has 0 aromatic heterocycles. The normalized spacial score (nSPS) is 12.1. The first-order valence-corrected chi connectivity index (χ1v) is 7.24. The van der Waals surface area contributed by atoms with Crippen molar-refractivity contribution in [3.63, 3.8) is 0 Å². The maximum absolute atomic E-state index is 11.6. The first-order chi connectivity index (χ1) is 8.72. The Morgan fingerprint density at radius 1 is 1.17 bits per heavy atom. The third kappa shape index (κ3) is 6.87. The number of carbonyl (C=O) groups is 1. The predicted octanol–water partition coefficient (Wildman–Crippen LogP) is 4.42. The molecule has 1 unspecified atom stereocenters. The zero-order valence-corrected chi connectivity index (χ0v) is 11.9. The Kier molecular flexibility index (Phi) is 7.86. The van der Waals surface area contributed by atoms with Crippen LogP contribution >= 0.6 is 23.2 Å². The molecule has 0 saturated carbocycles. The predicted molar refractivity (Wildman–Crippen MR) is 78.5 cm³/mol. The van der Waals surface area contributed by atoms with Gasteiger partial charge in [0, 0.05) is 23.4 Å². The Hall–Kier alpha value is -0.730. The molecule has 100 valence electrons. The molecule has 0 aliphatic rings. The lowest BCUT2D eigenvalue weighted by molar-refractivity contribution is -0.116. The van der Waals surface area contributed by atoms with Crippen molar-refractivity contribution < 1.29 is 4.79 Å². The van der Waals surface area contributed by atoms with Crippen LogP contribution in [-0.4, -0.2) is 17.2 Å². The molecule has 0 radical (unpaired) electrons. The van der Waals surface area contributed by atoms with E-state index in [1.54, 1.807) is 0 Å². The van der Waals surface area contributed by atoms with Crippen LogP contribution in [0.15, 0.2) is 30.3 Å². The van der Waals surface area contributed by atoms with Crippen LogP contribution in [0.4, 0.5) is 5.69 Å². The van der Waals surface area contributed by atoms with Gasteiger partial charge in [-0.3, -0.25) is 4.79 Å². The summed E-state index contributed by atoms with van der Waals surface area (Å²) in [7, 11) is 0. The van der Waals surface area contributed by atoms with E-state index in [1.807, 2.05) is 30.3 Å². The first kappa shape index (κ1) is 15.3. The van der Waals surface area contributed by atoms with Gasteiger partial charge in [0.1, 0.15) is 0 Å². The number of alkyl halides is 2. The molecule has 0 bridgehead atoms. The lowest BCUT2D eigenvalue weighted by Crippen LogP contribution is -2.11. The average Bonchev–Trinajstić information content (AvgIpc) is 2.36. The van der Waals surface area contributed by atoms with Crippen molar-refractivity contribution in [2.75, 3.05) is 11.2 Å². The summed E-state index contributed by atoms with van der Waals surface area (Å²) in [5, 5.41) is 3.00. The molecule has 0 aliphatic carbocycles. The van der Waals surface area contributed by atoms with E-state index in [2.05, 4.69) is 5.32 Å². The molecule has 0 fully saturated rings. The topological polar surface area (TPSA) is 29.1 Å². The monoisotopic (exact) mass is 287 g/mol. The zero-order chi connectivity index (χ0) is 13.2. The van der Waals surface area contributed by atoms with Gasteiger partial charge in [0.05, 0.1) is 0 Å². The molecule has 1 rings (SSSR count). The van der Waals surface area contributed by atoms with E-state index in [1.165, 1.54) is 0 Å². The quantitative estimate of drug-likeness (QED) is 0.556. The molecule has 1 N–H and O–H groups in total. The van der Waals surface area contributed by atoms with E-state index in [0.717, 1.165) is 31.4 Å². The number of anilines is 1. The van der Waals surface area contributed by atoms with Crippen molar-refractivity contribution in [3.05, 3.63) is 30.3 Å². The third-order valence-electron chi connectivity index (χ3n) is 2.65. The summed E-state index contributed by atoms with van der Waals surface area (Å²) in [5.41, 5.74) is 0.847. The van der Waals surface area contributed by atoms with Gasteiger partial charge in [-0.05, 0) is 31.4 Å². The van der Waals surface area contributed by atoms with Crippen molar-refractivity contribution in [1.82, 2.24) is 0 Å². The van der Waals surface area contributed by atoms with Gasteiger partial charge in [-0.25, -0.2) is 0 Å². The SMILES string of the molecule is O=C(CCCCC(Cl)CCCl)Nc1ccccc1. The molecule has 1 aromatic carbocycles. The maximum atomic E-state index is 11.6. The van der Waals surface area contributed by atoms with Crippen LogP contribution in [0.3, 0.4) is 0 Å². The van der Waals surface area contributed by atoms with E-state index in [-0.39, 0.29) is 11.3 Å². The van der Waals surface area contributed by atoms with Crippen LogP contribution in [0.25, 0.3) is 0 Å². The lowest BCUT2D eigenvalue weighted by atomic mass is 10.1. The third-order valence-corrected chi connectivity index (χ3v) is 3.31. The minimum Gasteiger partial charge on any atom is -0.326 e. The number of hydrogen-bond acceptors (Lipinski definition) is 1. The highest BCUT2D eigenvalue weighted by atomic mass is 35.5. The zero-order valence-electron chi connectivity index (χ0n) is 10.4. The number of unbranched alkanes of at least 4 members (excludes halogenated alkanes) is 1. The van der Waals surface area contributed by atoms with Gasteiger partial charge in [0.15, 0.2) is 0 Å². The van der Waals surface area contributed by atoms with E-state index >= 15 is 0 Å². The molecule has 0 saturated heterocycles. The molecular formula is C14H19Cl2NO. The van der Waals surface area contributed by atoms with Crippen molar-refractivity contribution in [3.8, 4) is 0 Å². The van der Waals surface area contributed by atoms with Gasteiger partial charge in [-0.15, -0.1) is 23.2 Å². The Morgan fingerprint density at radius 2 is 1.89 bits per heavy atom. The molecule has 2 nitrogen and oxygen atoms in total. The van der Waals surface area contributed by atoms with Crippen LogP contribution in [0, 0.1) is 0 Å². The van der Waals surface area contributed by atoms with E-state index in [9.17, 15) is 4.79 Å². The Balaban J connectivity index is 2.11. The van der Waals surface area contributed by atoms with Crippen molar-refractivity contribution in [2.45, 2.75) is 37.5 Å². The Labute approximate surface area is 119 Å². The van der Waals surface area contributed by atoms with Gasteiger partial charge in [0.2, 0.25) is 5.91 Å². The maximum Gasteiger partial charge on any atom is 0.224 e. The standard InChI is InChI=1S/C14H19Cl2NO/c15-11-10-12(16)6-4-5-9-14(18)17-13-7-2-1-3-8-13/h1-3,7-8,12H,4-6,9-11H2,(H,17,18). The van der Waals surface area contributed by atoms with E-state index < -0.39 is 0 Å². The van der Waals surface area contributed by atoms with Crippen molar-refractivity contribution in [1.29, 1.82) is 0 Å². The molecule has 4 heteroatoms. The van der Waals surface area contributed by atoms with Crippen molar-refractivity contribution in [2.24, 2.45) is 0 Å². The number of hydrogen-bond donors (Lipinski definition) is 1. The summed E-state index contributed by atoms with van der Waals surface area (Å²) in [4.78, 5) is 11.6. The van der Waals surface area contributed by atoms with Gasteiger partial charge < -0.3 is 5.32 Å². The molecule has 1 aromatic rings. The fraction of sp³-hybridized carbons (Fsp3) is 0.500. The van der Waals surface area contributed by atoms with Crippen LogP contribution < -0.4 is 5.32 Å². The number of benzene rings is 1. The highest BCUT2D eigenvalue weighted by molar-refractivity contribution is 6.22. The fourth-order valence-electron chi connectivity index (χ4n) is 1.66. The summed E-state index contributed by atoms with van der Waals surface area (Å²) in [5.74, 6) is 0.660. The summed E-state index contributed by atoms with van der Waals surface area (Å²) in [6.07, 6.45) is 4.13. The molecule has 1 atom stereocenters. The highest BCUT2D eigenvalue weighted by Gasteiger charge is 2.05. The number of carbonyl (C=O) groups excluding carboxylic acids is 1. The molecule has 0 spiro atoms. The van der Waals surface area contributed by atoms with Crippen LogP contribution in [0.1, 0.15) is 32.1 Å². The second-order valence-corrected chi connectivity index (χ2v) is 5.23. The van der Waals surface area contributed by atoms with Gasteiger partial charge in [-0.2, -0.15) is 0 Å². The lowest BCUT2D eigenvalue weighted by Gasteiger charge is -2.07. The second-order valence-electron chi connectivity index (χ2n) is 4.23. The first-order valence-electron chi connectivity index (χ1n) is 6.27. The smallest absolute Gasteiger partial charge is 0.224 e. The fourth-order valence-corrected chi connectivity index (χ4v) is 2.30. The minimum atomic E-state index is 0.0599. The van der Waals surface area contributed by atoms with Crippen LogP contribution in [-0.2, 0) is 4.79 Å². The molecule has 0 heterocycles. The molecule has 1 amide bonds. The number of amides is 1. The average molecular weight is 288 g/mol. The summed E-state index contributed by atoms with van der Waals surface area (Å²) < 4.78 is 0. The largest absolute Gasteiger partial charge is 0.326 e. The number of nitrogens with one attached hydrogen (secondary N) is 1. The van der Waals surface area contributed by atoms with Gasteiger partial charge >= 0.3 is 0 Å². The number of halogens is 2. The van der Waals surface area contributed by atoms with Gasteiger partial charge in [0.25, 0.3) is 0 Å². The van der Waals surface area contributed by atoms with E-state index in [0.29, 0.717) is 12.3 Å². The van der Waals surface area contributed by atoms with Crippen molar-refractivity contribution >= 4 is 34.8 Å². The van der Waals surface area contributed by atoms with Crippen LogP contribution in [0.2, 0.25) is 0 Å². The minimum absolute atomic E-state index is 0.0599. The number of rotatable bonds is 8. The van der Waals surface area contributed by atoms with E-state index in [4.69, 9.17) is 23.2 Å². The summed E-state index contributed by atoms with van der Waals surface area (Å²) in [6, 6.07) is 9.49. The molecular weight excluding hydrogens is 269 g/mol. The van der Waals surface area contributed by atoms with Gasteiger partial charge in [-0.1, -0.05) is 24.6 Å². The molecule has 18 heavy (non-hydrogen) atoms. The Bertz CT molecular complexity index is 343. The summed E-state index contributed by atoms with van der Waals surface area (Å²) in [6.45, 7) is 0. The molecule has 0 aliphatic heterocycles. The van der Waals surface area contributed by atoms with Crippen LogP contribution in [0.5, 0.6) is 0 Å².